The van der Waals surface area contributed by atoms with Gasteiger partial charge in [0, 0.05) is 36.5 Å². The number of aliphatic imine (C=N–C) groups is 1. The summed E-state index contributed by atoms with van der Waals surface area (Å²) in [6.07, 6.45) is 1.27. The summed E-state index contributed by atoms with van der Waals surface area (Å²) < 4.78 is 5.39. The highest BCUT2D eigenvalue weighted by molar-refractivity contribution is 6.09. The highest BCUT2D eigenvalue weighted by Crippen LogP contribution is 2.34. The zero-order valence-corrected chi connectivity index (χ0v) is 21.9. The number of aliphatic hydroxyl groups excluding tert-OH is 1. The molecule has 38 heavy (non-hydrogen) atoms. The fraction of sp³-hybridized carbons (Fsp3) is 0.345. The van der Waals surface area contributed by atoms with Crippen LogP contribution in [0.1, 0.15) is 48.9 Å². The number of carbonyl (C=O) groups excluding carboxylic acids is 2. The minimum Gasteiger partial charge on any atom is -0.391 e. The molecule has 2 aromatic heterocycles. The number of hydrogen-bond donors (Lipinski definition) is 2. The van der Waals surface area contributed by atoms with Gasteiger partial charge >= 0.3 is 0 Å². The standard InChI is InChI=1S/C29H31N5O4/c1-16(2)25(24-13-17(3)33-38-24)27(36)34-15-21(35)14-23(34)26-31-28(37)29(5,32-26)20-10-8-19(9-11-20)22-7-6-12-30-18(22)4/h6-13,21,23,25,35H,1,14-15H2,2-5H3,(H,31,32,37)/t21-,23-,25-,29-/m1/s1. The number of carbonyl (C=O) groups is 2. The van der Waals surface area contributed by atoms with Crippen LogP contribution < -0.4 is 5.32 Å². The molecule has 1 aromatic carbocycles. The number of rotatable bonds is 6. The van der Waals surface area contributed by atoms with E-state index in [9.17, 15) is 14.7 Å². The lowest BCUT2D eigenvalue weighted by atomic mass is 9.90. The monoisotopic (exact) mass is 513 g/mol. The molecule has 2 aliphatic heterocycles. The highest BCUT2D eigenvalue weighted by atomic mass is 16.5. The van der Waals surface area contributed by atoms with Crippen molar-refractivity contribution in [1.82, 2.24) is 20.4 Å². The highest BCUT2D eigenvalue weighted by Gasteiger charge is 2.48. The molecule has 2 aliphatic rings. The van der Waals surface area contributed by atoms with Crippen LogP contribution in [0.3, 0.4) is 0 Å². The van der Waals surface area contributed by atoms with Crippen LogP contribution in [0.15, 0.2) is 70.3 Å². The first-order valence-corrected chi connectivity index (χ1v) is 12.6. The van der Waals surface area contributed by atoms with Crippen molar-refractivity contribution in [3.8, 4) is 11.1 Å². The van der Waals surface area contributed by atoms with Crippen LogP contribution in [0, 0.1) is 13.8 Å². The molecule has 0 spiro atoms. The van der Waals surface area contributed by atoms with Crippen LogP contribution in [0.4, 0.5) is 0 Å². The third kappa shape index (κ3) is 4.43. The Morgan fingerprint density at radius 1 is 1.26 bits per heavy atom. The molecule has 0 bridgehead atoms. The molecule has 9 heteroatoms. The molecule has 4 atom stereocenters. The molecule has 5 rings (SSSR count). The Morgan fingerprint density at radius 2 is 2.00 bits per heavy atom. The van der Waals surface area contributed by atoms with Crippen molar-refractivity contribution in [3.05, 3.63) is 83.5 Å². The Labute approximate surface area is 221 Å². The van der Waals surface area contributed by atoms with E-state index in [1.807, 2.05) is 43.3 Å². The summed E-state index contributed by atoms with van der Waals surface area (Å²) in [6, 6.07) is 12.8. The van der Waals surface area contributed by atoms with E-state index in [0.717, 1.165) is 22.4 Å². The average molecular weight is 514 g/mol. The van der Waals surface area contributed by atoms with Crippen LogP contribution in [0.2, 0.25) is 0 Å². The second-order valence-electron chi connectivity index (χ2n) is 10.3. The molecule has 1 fully saturated rings. The first-order valence-electron chi connectivity index (χ1n) is 12.6. The largest absolute Gasteiger partial charge is 0.391 e. The molecular formula is C29H31N5O4. The predicted molar refractivity (Wildman–Crippen MR) is 142 cm³/mol. The van der Waals surface area contributed by atoms with Crippen molar-refractivity contribution >= 4 is 17.6 Å². The van der Waals surface area contributed by atoms with Gasteiger partial charge in [0.1, 0.15) is 17.3 Å². The number of β-amino-alcohol motifs (C(OH)–C–C–N with tert-alkyl or cyclic N) is 1. The number of nitrogens with one attached hydrogen (secondary N) is 1. The zero-order chi connectivity index (χ0) is 27.2. The molecule has 2 amide bonds. The molecule has 1 saturated heterocycles. The van der Waals surface area contributed by atoms with Gasteiger partial charge in [-0.3, -0.25) is 14.6 Å². The van der Waals surface area contributed by atoms with Crippen LogP contribution in [0.5, 0.6) is 0 Å². The quantitative estimate of drug-likeness (QED) is 0.485. The van der Waals surface area contributed by atoms with Gasteiger partial charge in [-0.15, -0.1) is 0 Å². The fourth-order valence-electron chi connectivity index (χ4n) is 5.26. The van der Waals surface area contributed by atoms with Gasteiger partial charge in [0.15, 0.2) is 5.76 Å². The second kappa shape index (κ2) is 9.64. The Morgan fingerprint density at radius 3 is 2.63 bits per heavy atom. The van der Waals surface area contributed by atoms with Crippen LogP contribution in [-0.4, -0.2) is 56.5 Å². The van der Waals surface area contributed by atoms with Crippen molar-refractivity contribution in [2.75, 3.05) is 6.54 Å². The van der Waals surface area contributed by atoms with Gasteiger partial charge in [-0.1, -0.05) is 47.6 Å². The topological polar surface area (TPSA) is 121 Å². The summed E-state index contributed by atoms with van der Waals surface area (Å²) in [4.78, 5) is 37.2. The minimum atomic E-state index is -1.10. The third-order valence-corrected chi connectivity index (χ3v) is 7.36. The summed E-state index contributed by atoms with van der Waals surface area (Å²) in [5.74, 6) is -0.627. The van der Waals surface area contributed by atoms with Gasteiger partial charge in [0.25, 0.3) is 5.91 Å². The van der Waals surface area contributed by atoms with E-state index in [1.165, 1.54) is 0 Å². The average Bonchev–Trinajstić information content (AvgIpc) is 3.57. The molecule has 2 N–H and O–H groups in total. The molecule has 0 radical (unpaired) electrons. The van der Waals surface area contributed by atoms with Gasteiger partial charge in [-0.25, -0.2) is 0 Å². The lowest BCUT2D eigenvalue weighted by Gasteiger charge is -2.30. The molecule has 9 nitrogen and oxygen atoms in total. The number of amides is 2. The van der Waals surface area contributed by atoms with E-state index in [0.29, 0.717) is 22.9 Å². The molecule has 4 heterocycles. The minimum absolute atomic E-state index is 0.116. The number of likely N-dealkylation sites (tertiary alicyclic amines) is 1. The molecule has 3 aromatic rings. The Kier molecular flexibility index (Phi) is 6.48. The van der Waals surface area contributed by atoms with E-state index in [-0.39, 0.29) is 24.8 Å². The van der Waals surface area contributed by atoms with Crippen LogP contribution in [0.25, 0.3) is 11.1 Å². The van der Waals surface area contributed by atoms with Gasteiger partial charge in [0.05, 0.1) is 17.8 Å². The van der Waals surface area contributed by atoms with Gasteiger partial charge in [0.2, 0.25) is 5.91 Å². The second-order valence-corrected chi connectivity index (χ2v) is 10.3. The van der Waals surface area contributed by atoms with Crippen LogP contribution in [-0.2, 0) is 15.1 Å². The smallest absolute Gasteiger partial charge is 0.277 e. The SMILES string of the molecule is C=C(C)[C@@H](C(=O)N1C[C@H](O)C[C@@H]1C1=NC(=O)[C@@](C)(c2ccc(-c3cccnc3C)cc2)N1)c1cc(C)no1. The first-order chi connectivity index (χ1) is 18.1. The van der Waals surface area contributed by atoms with Crippen molar-refractivity contribution < 1.29 is 19.2 Å². The number of aliphatic hydroxyl groups is 1. The zero-order valence-electron chi connectivity index (χ0n) is 21.9. The van der Waals surface area contributed by atoms with Gasteiger partial charge < -0.3 is 19.8 Å². The van der Waals surface area contributed by atoms with Gasteiger partial charge in [-0.05, 0) is 44.9 Å². The number of aromatic nitrogens is 2. The normalized spacial score (nSPS) is 23.8. The van der Waals surface area contributed by atoms with E-state index in [1.54, 1.807) is 37.9 Å². The summed E-state index contributed by atoms with van der Waals surface area (Å²) in [7, 11) is 0. The Balaban J connectivity index is 1.39. The van der Waals surface area contributed by atoms with Crippen molar-refractivity contribution in [1.29, 1.82) is 0 Å². The molecule has 196 valence electrons. The van der Waals surface area contributed by atoms with Crippen molar-refractivity contribution in [2.45, 2.75) is 57.7 Å². The first kappa shape index (κ1) is 25.5. The van der Waals surface area contributed by atoms with E-state index in [4.69, 9.17) is 4.52 Å². The van der Waals surface area contributed by atoms with E-state index >= 15 is 0 Å². The maximum Gasteiger partial charge on any atom is 0.277 e. The number of aryl methyl sites for hydroxylation is 2. The van der Waals surface area contributed by atoms with Crippen LogP contribution >= 0.6 is 0 Å². The number of pyridine rings is 1. The van der Waals surface area contributed by atoms with E-state index < -0.39 is 23.6 Å². The number of nitrogens with zero attached hydrogens (tertiary/aromatic N) is 4. The molecule has 0 unspecified atom stereocenters. The molecule has 0 saturated carbocycles. The predicted octanol–water partition coefficient (Wildman–Crippen LogP) is 3.42. The number of hydrogen-bond acceptors (Lipinski definition) is 7. The summed E-state index contributed by atoms with van der Waals surface area (Å²) in [5.41, 5.74) is 3.84. The lowest BCUT2D eigenvalue weighted by Crippen LogP contribution is -2.50. The number of amidine groups is 1. The lowest BCUT2D eigenvalue weighted by molar-refractivity contribution is -0.132. The Bertz CT molecular complexity index is 1440. The maximum absolute atomic E-state index is 13.7. The summed E-state index contributed by atoms with van der Waals surface area (Å²) in [5, 5.41) is 17.7. The summed E-state index contributed by atoms with van der Waals surface area (Å²) >= 11 is 0. The van der Waals surface area contributed by atoms with Gasteiger partial charge in [-0.2, -0.15) is 4.99 Å². The fourth-order valence-corrected chi connectivity index (χ4v) is 5.26. The summed E-state index contributed by atoms with van der Waals surface area (Å²) in [6.45, 7) is 11.4. The molecule has 0 aliphatic carbocycles. The van der Waals surface area contributed by atoms with Crippen molar-refractivity contribution in [2.24, 2.45) is 4.99 Å². The van der Waals surface area contributed by atoms with E-state index in [2.05, 4.69) is 27.0 Å². The molecular weight excluding hydrogens is 482 g/mol. The Hall–Kier alpha value is -4.11. The number of benzene rings is 1. The third-order valence-electron chi connectivity index (χ3n) is 7.36. The van der Waals surface area contributed by atoms with Crippen molar-refractivity contribution in [3.63, 3.8) is 0 Å². The maximum atomic E-state index is 13.7.